The second-order valence-corrected chi connectivity index (χ2v) is 8.40. The number of esters is 2. The summed E-state index contributed by atoms with van der Waals surface area (Å²) in [5.41, 5.74) is 8.05. The molecule has 0 radical (unpaired) electrons. The van der Waals surface area contributed by atoms with Crippen molar-refractivity contribution >= 4 is 17.8 Å². The number of piperidine rings is 1. The van der Waals surface area contributed by atoms with Crippen LogP contribution in [0.5, 0.6) is 0 Å². The van der Waals surface area contributed by atoms with Crippen LogP contribution >= 0.6 is 0 Å². The summed E-state index contributed by atoms with van der Waals surface area (Å²) in [6.07, 6.45) is 7.25. The summed E-state index contributed by atoms with van der Waals surface area (Å²) in [6.45, 7) is 4.51. The van der Waals surface area contributed by atoms with Crippen LogP contribution in [0.2, 0.25) is 0 Å². The van der Waals surface area contributed by atoms with E-state index in [4.69, 9.17) is 21.1 Å². The molecule has 29 heavy (non-hydrogen) atoms. The van der Waals surface area contributed by atoms with Crippen molar-refractivity contribution in [2.45, 2.75) is 77.4 Å². The standard InChI is InChI=1S/C20H37N5O4/c1-13(4-3-9-28-14(2)26)29-20(27)18-11-17-10-15(5-7-16(17)12-23-18)6-8-19(21)24-25-22/h13,15-18,23,25H,3-12,22H2,1-2H3,(H2,21,24). The van der Waals surface area contributed by atoms with Gasteiger partial charge in [0.1, 0.15) is 11.9 Å². The number of carbonyl (C=O) groups is 2. The molecule has 1 saturated carbocycles. The van der Waals surface area contributed by atoms with Gasteiger partial charge < -0.3 is 20.5 Å². The first-order valence-corrected chi connectivity index (χ1v) is 10.7. The van der Waals surface area contributed by atoms with E-state index in [1.54, 1.807) is 0 Å². The molecule has 166 valence electrons. The summed E-state index contributed by atoms with van der Waals surface area (Å²) in [7, 11) is 0. The molecule has 6 N–H and O–H groups in total. The maximum Gasteiger partial charge on any atom is 0.323 e. The molecule has 0 aromatic heterocycles. The maximum atomic E-state index is 12.6. The molecule has 9 nitrogen and oxygen atoms in total. The molecule has 5 unspecified atom stereocenters. The number of nitrogens with two attached hydrogens (primary N) is 2. The number of fused-ring (bicyclic) bond motifs is 1. The van der Waals surface area contributed by atoms with Crippen molar-refractivity contribution in [3.8, 4) is 0 Å². The summed E-state index contributed by atoms with van der Waals surface area (Å²) < 4.78 is 10.5. The predicted molar refractivity (Wildman–Crippen MR) is 110 cm³/mol. The molecule has 0 bridgehead atoms. The predicted octanol–water partition coefficient (Wildman–Crippen LogP) is 1.17. The minimum Gasteiger partial charge on any atom is -0.466 e. The summed E-state index contributed by atoms with van der Waals surface area (Å²) in [5, 5.41) is 7.20. The van der Waals surface area contributed by atoms with E-state index in [2.05, 4.69) is 16.0 Å². The molecule has 1 heterocycles. The van der Waals surface area contributed by atoms with E-state index >= 15 is 0 Å². The monoisotopic (exact) mass is 411 g/mol. The van der Waals surface area contributed by atoms with Crippen LogP contribution in [0.25, 0.3) is 0 Å². The molecule has 0 aromatic rings. The SMILES string of the molecule is CC(=O)OCCCC(C)OC(=O)C1CC2CC(CC/C(N)=N/NN)CCC2CN1. The highest BCUT2D eigenvalue weighted by atomic mass is 16.5. The zero-order chi connectivity index (χ0) is 21.2. The Morgan fingerprint density at radius 1 is 1.28 bits per heavy atom. The van der Waals surface area contributed by atoms with Gasteiger partial charge in [-0.15, -0.1) is 0 Å². The van der Waals surface area contributed by atoms with Crippen molar-refractivity contribution in [2.75, 3.05) is 13.2 Å². The summed E-state index contributed by atoms with van der Waals surface area (Å²) in [5.74, 6) is 7.02. The molecular formula is C20H37N5O4. The lowest BCUT2D eigenvalue weighted by Crippen LogP contribution is -2.50. The Labute approximate surface area is 173 Å². The zero-order valence-electron chi connectivity index (χ0n) is 17.7. The van der Waals surface area contributed by atoms with Crippen molar-refractivity contribution in [3.63, 3.8) is 0 Å². The minimum atomic E-state index is -0.285. The highest BCUT2D eigenvalue weighted by molar-refractivity contribution is 5.79. The third-order valence-corrected chi connectivity index (χ3v) is 6.09. The number of amidine groups is 1. The van der Waals surface area contributed by atoms with Gasteiger partial charge in [0.2, 0.25) is 0 Å². The van der Waals surface area contributed by atoms with Crippen molar-refractivity contribution < 1.29 is 19.1 Å². The highest BCUT2D eigenvalue weighted by Crippen LogP contribution is 2.40. The van der Waals surface area contributed by atoms with Crippen LogP contribution in [-0.2, 0) is 19.1 Å². The molecule has 5 atom stereocenters. The lowest BCUT2D eigenvalue weighted by molar-refractivity contribution is -0.153. The fourth-order valence-corrected chi connectivity index (χ4v) is 4.52. The fraction of sp³-hybridized carbons (Fsp3) is 0.850. The fourth-order valence-electron chi connectivity index (χ4n) is 4.52. The Bertz CT molecular complexity index is 571. The smallest absolute Gasteiger partial charge is 0.323 e. The van der Waals surface area contributed by atoms with E-state index in [1.165, 1.54) is 19.8 Å². The minimum absolute atomic E-state index is 0.170. The number of hydrogen-bond donors (Lipinski definition) is 4. The second kappa shape index (κ2) is 12.0. The molecule has 1 saturated heterocycles. The van der Waals surface area contributed by atoms with Gasteiger partial charge >= 0.3 is 11.9 Å². The van der Waals surface area contributed by atoms with Gasteiger partial charge in [-0.05, 0) is 69.7 Å². The lowest BCUT2D eigenvalue weighted by Gasteiger charge is -2.42. The molecule has 1 aliphatic carbocycles. The number of hydrogen-bond acceptors (Lipinski definition) is 8. The highest BCUT2D eigenvalue weighted by Gasteiger charge is 2.38. The van der Waals surface area contributed by atoms with Crippen molar-refractivity contribution in [1.82, 2.24) is 10.9 Å². The zero-order valence-corrected chi connectivity index (χ0v) is 17.7. The number of hydrazine groups is 1. The van der Waals surface area contributed by atoms with Crippen LogP contribution in [0.1, 0.15) is 65.2 Å². The normalized spacial score (nSPS) is 28.2. The molecule has 2 fully saturated rings. The molecular weight excluding hydrogens is 374 g/mol. The summed E-state index contributed by atoms with van der Waals surface area (Å²) in [4.78, 5) is 23.4. The van der Waals surface area contributed by atoms with Gasteiger partial charge in [0, 0.05) is 13.3 Å². The van der Waals surface area contributed by atoms with E-state index in [1.807, 2.05) is 6.92 Å². The average Bonchev–Trinajstić information content (AvgIpc) is 2.69. The van der Waals surface area contributed by atoms with Crippen LogP contribution in [-0.4, -0.2) is 43.1 Å². The largest absolute Gasteiger partial charge is 0.466 e. The van der Waals surface area contributed by atoms with Crippen LogP contribution in [0.15, 0.2) is 5.10 Å². The third-order valence-electron chi connectivity index (χ3n) is 6.09. The van der Waals surface area contributed by atoms with Crippen molar-refractivity contribution in [3.05, 3.63) is 0 Å². The number of hydrazone groups is 1. The van der Waals surface area contributed by atoms with Crippen LogP contribution in [0, 0.1) is 17.8 Å². The van der Waals surface area contributed by atoms with Gasteiger partial charge in [-0.1, -0.05) is 6.42 Å². The number of nitrogens with one attached hydrogen (secondary N) is 2. The van der Waals surface area contributed by atoms with Gasteiger partial charge in [-0.3, -0.25) is 9.59 Å². The summed E-state index contributed by atoms with van der Waals surface area (Å²) >= 11 is 0. The van der Waals surface area contributed by atoms with Crippen LogP contribution in [0.3, 0.4) is 0 Å². The Morgan fingerprint density at radius 2 is 2.07 bits per heavy atom. The number of rotatable bonds is 10. The first-order valence-electron chi connectivity index (χ1n) is 10.7. The van der Waals surface area contributed by atoms with Crippen molar-refractivity contribution in [2.24, 2.45) is 34.4 Å². The molecule has 0 aromatic carbocycles. The lowest BCUT2D eigenvalue weighted by atomic mass is 9.69. The van der Waals surface area contributed by atoms with E-state index in [-0.39, 0.29) is 24.1 Å². The van der Waals surface area contributed by atoms with E-state index in [0.29, 0.717) is 43.0 Å². The van der Waals surface area contributed by atoms with Gasteiger partial charge in [0.15, 0.2) is 0 Å². The topological polar surface area (TPSA) is 141 Å². The summed E-state index contributed by atoms with van der Waals surface area (Å²) in [6, 6.07) is -0.237. The number of ether oxygens (including phenoxy) is 2. The molecule has 2 rings (SSSR count). The van der Waals surface area contributed by atoms with Crippen LogP contribution < -0.4 is 22.4 Å². The molecule has 2 aliphatic rings. The molecule has 0 amide bonds. The van der Waals surface area contributed by atoms with Gasteiger partial charge in [-0.25, -0.2) is 11.4 Å². The molecule has 1 aliphatic heterocycles. The number of nitrogens with zero attached hydrogens (tertiary/aromatic N) is 1. The average molecular weight is 412 g/mol. The molecule has 9 heteroatoms. The Balaban J connectivity index is 1.73. The van der Waals surface area contributed by atoms with E-state index in [0.717, 1.165) is 32.2 Å². The van der Waals surface area contributed by atoms with E-state index in [9.17, 15) is 9.59 Å². The number of carbonyl (C=O) groups excluding carboxylic acids is 2. The maximum absolute atomic E-state index is 12.6. The van der Waals surface area contributed by atoms with Gasteiger partial charge in [0.05, 0.1) is 12.7 Å². The van der Waals surface area contributed by atoms with Gasteiger partial charge in [-0.2, -0.15) is 5.10 Å². The first-order chi connectivity index (χ1) is 13.9. The quantitative estimate of drug-likeness (QED) is 0.105. The van der Waals surface area contributed by atoms with Gasteiger partial charge in [0.25, 0.3) is 0 Å². The van der Waals surface area contributed by atoms with Crippen molar-refractivity contribution in [1.29, 1.82) is 0 Å². The first kappa shape index (κ1) is 23.4. The Hall–Kier alpha value is -1.87. The molecule has 0 spiro atoms. The van der Waals surface area contributed by atoms with Crippen LogP contribution in [0.4, 0.5) is 0 Å². The third kappa shape index (κ3) is 8.18. The second-order valence-electron chi connectivity index (χ2n) is 8.40. The Morgan fingerprint density at radius 3 is 2.79 bits per heavy atom. The van der Waals surface area contributed by atoms with E-state index < -0.39 is 0 Å². The Kier molecular flexibility index (Phi) is 9.66.